The van der Waals surface area contributed by atoms with Gasteiger partial charge >= 0.3 is 5.97 Å². The van der Waals surface area contributed by atoms with Crippen LogP contribution in [0, 0.1) is 5.41 Å². The minimum Gasteiger partial charge on any atom is -0.481 e. The molecule has 1 amide bonds. The molecule has 1 atom stereocenters. The third kappa shape index (κ3) is 2.26. The highest BCUT2D eigenvalue weighted by Crippen LogP contribution is 2.31. The molecule has 6 heteroatoms. The van der Waals surface area contributed by atoms with Gasteiger partial charge in [0, 0.05) is 30.1 Å². The average Bonchev–Trinajstić information content (AvgIpc) is 2.89. The lowest BCUT2D eigenvalue weighted by Crippen LogP contribution is -2.35. The highest BCUT2D eigenvalue weighted by molar-refractivity contribution is 6.06. The fourth-order valence-electron chi connectivity index (χ4n) is 2.86. The second-order valence-corrected chi connectivity index (χ2v) is 5.94. The standard InChI is InChI=1S/C16H16N2O4/c1-16(15(21)22)6-7-18(9-16)14(20)11-8-13(19)17-12-5-3-2-4-10(11)12/h2-5,8H,6-7,9H2,1H3,(H,17,19)(H,21,22). The Morgan fingerprint density at radius 3 is 2.73 bits per heavy atom. The molecule has 0 spiro atoms. The van der Waals surface area contributed by atoms with Crippen molar-refractivity contribution in [1.29, 1.82) is 0 Å². The number of benzene rings is 1. The predicted molar refractivity (Wildman–Crippen MR) is 80.8 cm³/mol. The Bertz CT molecular complexity index is 826. The molecule has 6 nitrogen and oxygen atoms in total. The Morgan fingerprint density at radius 2 is 2.05 bits per heavy atom. The van der Waals surface area contributed by atoms with E-state index in [1.807, 2.05) is 0 Å². The van der Waals surface area contributed by atoms with Crippen LogP contribution in [0.2, 0.25) is 0 Å². The summed E-state index contributed by atoms with van der Waals surface area (Å²) in [6.45, 7) is 2.17. The summed E-state index contributed by atoms with van der Waals surface area (Å²) in [5.41, 5.74) is -0.359. The smallest absolute Gasteiger partial charge is 0.311 e. The van der Waals surface area contributed by atoms with Crippen molar-refractivity contribution < 1.29 is 14.7 Å². The van der Waals surface area contributed by atoms with Crippen LogP contribution in [-0.4, -0.2) is 40.0 Å². The van der Waals surface area contributed by atoms with E-state index in [4.69, 9.17) is 0 Å². The quantitative estimate of drug-likeness (QED) is 0.878. The molecule has 1 fully saturated rings. The van der Waals surface area contributed by atoms with Crippen molar-refractivity contribution in [2.75, 3.05) is 13.1 Å². The number of aromatic amines is 1. The molecule has 0 aliphatic carbocycles. The van der Waals surface area contributed by atoms with E-state index in [0.29, 0.717) is 29.4 Å². The minimum atomic E-state index is -0.924. The molecule has 2 heterocycles. The summed E-state index contributed by atoms with van der Waals surface area (Å²) in [4.78, 5) is 39.9. The number of hydrogen-bond donors (Lipinski definition) is 2. The number of para-hydroxylation sites is 1. The van der Waals surface area contributed by atoms with E-state index >= 15 is 0 Å². The van der Waals surface area contributed by atoms with Gasteiger partial charge in [-0.1, -0.05) is 18.2 Å². The number of aliphatic carboxylic acids is 1. The van der Waals surface area contributed by atoms with Crippen LogP contribution in [0.3, 0.4) is 0 Å². The van der Waals surface area contributed by atoms with Gasteiger partial charge in [-0.2, -0.15) is 0 Å². The van der Waals surface area contributed by atoms with Crippen molar-refractivity contribution in [3.05, 3.63) is 46.2 Å². The third-order valence-electron chi connectivity index (χ3n) is 4.26. The lowest BCUT2D eigenvalue weighted by atomic mass is 9.90. The summed E-state index contributed by atoms with van der Waals surface area (Å²) in [6.07, 6.45) is 0.412. The number of nitrogens with zero attached hydrogens (tertiary/aromatic N) is 1. The van der Waals surface area contributed by atoms with Gasteiger partial charge in [0.1, 0.15) is 0 Å². The van der Waals surface area contributed by atoms with Crippen molar-refractivity contribution >= 4 is 22.8 Å². The number of amides is 1. The van der Waals surface area contributed by atoms with Crippen LogP contribution in [0.25, 0.3) is 10.9 Å². The van der Waals surface area contributed by atoms with E-state index in [1.165, 1.54) is 11.0 Å². The van der Waals surface area contributed by atoms with Crippen molar-refractivity contribution in [3.8, 4) is 0 Å². The van der Waals surface area contributed by atoms with E-state index < -0.39 is 11.4 Å². The molecule has 2 N–H and O–H groups in total. The molecule has 1 unspecified atom stereocenters. The number of fused-ring (bicyclic) bond motifs is 1. The number of rotatable bonds is 2. The number of likely N-dealkylation sites (tertiary alicyclic amines) is 1. The van der Waals surface area contributed by atoms with E-state index in [0.717, 1.165) is 0 Å². The molecular weight excluding hydrogens is 284 g/mol. The summed E-state index contributed by atoms with van der Waals surface area (Å²) in [6, 6.07) is 8.36. The molecule has 3 rings (SSSR count). The van der Waals surface area contributed by atoms with Crippen LogP contribution in [-0.2, 0) is 4.79 Å². The molecule has 1 aromatic heterocycles. The fraction of sp³-hybridized carbons (Fsp3) is 0.312. The Balaban J connectivity index is 2.00. The summed E-state index contributed by atoms with van der Waals surface area (Å²) in [5.74, 6) is -1.20. The zero-order valence-electron chi connectivity index (χ0n) is 12.1. The molecule has 22 heavy (non-hydrogen) atoms. The van der Waals surface area contributed by atoms with Gasteiger partial charge in [-0.3, -0.25) is 14.4 Å². The van der Waals surface area contributed by atoms with Crippen LogP contribution in [0.15, 0.2) is 35.1 Å². The van der Waals surface area contributed by atoms with Gasteiger partial charge in [-0.05, 0) is 19.4 Å². The Hall–Kier alpha value is -2.63. The molecule has 0 bridgehead atoms. The lowest BCUT2D eigenvalue weighted by Gasteiger charge is -2.20. The van der Waals surface area contributed by atoms with E-state index in [1.54, 1.807) is 31.2 Å². The largest absolute Gasteiger partial charge is 0.481 e. The Kier molecular flexibility index (Phi) is 3.24. The van der Waals surface area contributed by atoms with Crippen LogP contribution in [0.4, 0.5) is 0 Å². The van der Waals surface area contributed by atoms with Gasteiger partial charge in [0.05, 0.1) is 11.0 Å². The van der Waals surface area contributed by atoms with E-state index in [2.05, 4.69) is 4.98 Å². The van der Waals surface area contributed by atoms with Crippen molar-refractivity contribution in [3.63, 3.8) is 0 Å². The zero-order chi connectivity index (χ0) is 15.9. The predicted octanol–water partition coefficient (Wildman–Crippen LogP) is 1.46. The monoisotopic (exact) mass is 300 g/mol. The van der Waals surface area contributed by atoms with E-state index in [-0.39, 0.29) is 18.0 Å². The maximum atomic E-state index is 12.7. The number of carboxylic acids is 1. The molecule has 1 aliphatic rings. The molecule has 1 aliphatic heterocycles. The first kappa shape index (κ1) is 14.3. The van der Waals surface area contributed by atoms with Crippen molar-refractivity contribution in [2.24, 2.45) is 5.41 Å². The summed E-state index contributed by atoms with van der Waals surface area (Å²) in [5, 5.41) is 9.93. The van der Waals surface area contributed by atoms with Crippen LogP contribution in [0.1, 0.15) is 23.7 Å². The number of aromatic nitrogens is 1. The SMILES string of the molecule is CC1(C(=O)O)CCN(C(=O)c2cc(=O)[nH]c3ccccc23)C1. The fourth-order valence-corrected chi connectivity index (χ4v) is 2.86. The molecule has 1 aromatic carbocycles. The summed E-state index contributed by atoms with van der Waals surface area (Å²) >= 11 is 0. The number of hydrogen-bond acceptors (Lipinski definition) is 3. The molecule has 2 aromatic rings. The Morgan fingerprint density at radius 1 is 1.32 bits per heavy atom. The number of carbonyl (C=O) groups excluding carboxylic acids is 1. The summed E-state index contributed by atoms with van der Waals surface area (Å²) < 4.78 is 0. The zero-order valence-corrected chi connectivity index (χ0v) is 12.1. The topological polar surface area (TPSA) is 90.5 Å². The van der Waals surface area contributed by atoms with Gasteiger partial charge in [0.15, 0.2) is 0 Å². The number of nitrogens with one attached hydrogen (secondary N) is 1. The maximum Gasteiger partial charge on any atom is 0.311 e. The van der Waals surface area contributed by atoms with Gasteiger partial charge in [0.25, 0.3) is 5.91 Å². The number of H-pyrrole nitrogens is 1. The van der Waals surface area contributed by atoms with E-state index in [9.17, 15) is 19.5 Å². The number of pyridine rings is 1. The first-order valence-electron chi connectivity index (χ1n) is 7.05. The van der Waals surface area contributed by atoms with Gasteiger partial charge in [-0.25, -0.2) is 0 Å². The number of carboxylic acid groups (broad SMARTS) is 1. The normalized spacial score (nSPS) is 21.2. The third-order valence-corrected chi connectivity index (χ3v) is 4.26. The first-order valence-corrected chi connectivity index (χ1v) is 7.05. The second-order valence-electron chi connectivity index (χ2n) is 5.94. The molecule has 0 saturated carbocycles. The van der Waals surface area contributed by atoms with Gasteiger partial charge in [0.2, 0.25) is 5.56 Å². The maximum absolute atomic E-state index is 12.7. The van der Waals surface area contributed by atoms with Crippen molar-refractivity contribution in [1.82, 2.24) is 9.88 Å². The molecular formula is C16H16N2O4. The van der Waals surface area contributed by atoms with Crippen molar-refractivity contribution in [2.45, 2.75) is 13.3 Å². The van der Waals surface area contributed by atoms with Crippen LogP contribution >= 0.6 is 0 Å². The molecule has 0 radical (unpaired) electrons. The lowest BCUT2D eigenvalue weighted by molar-refractivity contribution is -0.147. The first-order chi connectivity index (χ1) is 10.4. The van der Waals surface area contributed by atoms with Gasteiger partial charge in [-0.15, -0.1) is 0 Å². The van der Waals surface area contributed by atoms with Crippen LogP contribution in [0.5, 0.6) is 0 Å². The molecule has 1 saturated heterocycles. The van der Waals surface area contributed by atoms with Crippen LogP contribution < -0.4 is 5.56 Å². The van der Waals surface area contributed by atoms with Gasteiger partial charge < -0.3 is 15.0 Å². The highest BCUT2D eigenvalue weighted by atomic mass is 16.4. The highest BCUT2D eigenvalue weighted by Gasteiger charge is 2.42. The minimum absolute atomic E-state index is 0.155. The number of carbonyl (C=O) groups is 2. The summed E-state index contributed by atoms with van der Waals surface area (Å²) in [7, 11) is 0. The molecule has 114 valence electrons. The average molecular weight is 300 g/mol. The second kappa shape index (κ2) is 4.98. The Labute approximate surface area is 126 Å².